The number of carbonyl (C=O) groups is 2. The Morgan fingerprint density at radius 2 is 2.05 bits per heavy atom. The predicted octanol–water partition coefficient (Wildman–Crippen LogP) is 0.999. The van der Waals surface area contributed by atoms with Gasteiger partial charge in [0.1, 0.15) is 5.69 Å². The third kappa shape index (κ3) is 3.35. The van der Waals surface area contributed by atoms with Crippen molar-refractivity contribution in [2.75, 3.05) is 13.6 Å². The summed E-state index contributed by atoms with van der Waals surface area (Å²) in [5.41, 5.74) is 3.94. The molecule has 0 bridgehead atoms. The van der Waals surface area contributed by atoms with Crippen molar-refractivity contribution < 1.29 is 9.59 Å². The molecule has 5 nitrogen and oxygen atoms in total. The number of hydrogen-bond acceptors (Lipinski definition) is 3. The van der Waals surface area contributed by atoms with Gasteiger partial charge in [0.25, 0.3) is 5.91 Å². The molecule has 0 atom stereocenters. The fourth-order valence-corrected chi connectivity index (χ4v) is 2.64. The van der Waals surface area contributed by atoms with Crippen LogP contribution in [-0.2, 0) is 24.1 Å². The van der Waals surface area contributed by atoms with Crippen LogP contribution < -0.4 is 10.6 Å². The maximum absolute atomic E-state index is 11.8. The lowest BCUT2D eigenvalue weighted by atomic mass is 9.89. The summed E-state index contributed by atoms with van der Waals surface area (Å²) in [4.78, 5) is 27.2. The van der Waals surface area contributed by atoms with Crippen LogP contribution in [0.15, 0.2) is 6.07 Å². The Balaban J connectivity index is 2.26. The first-order valence-electron chi connectivity index (χ1n) is 7.10. The molecule has 0 spiro atoms. The first kappa shape index (κ1) is 14.5. The normalized spacial score (nSPS) is 13.5. The van der Waals surface area contributed by atoms with Gasteiger partial charge in [0.05, 0.1) is 0 Å². The number of rotatable bonds is 4. The first-order valence-corrected chi connectivity index (χ1v) is 7.10. The van der Waals surface area contributed by atoms with Gasteiger partial charge in [0, 0.05) is 32.6 Å². The van der Waals surface area contributed by atoms with Crippen molar-refractivity contribution in [2.45, 2.75) is 39.0 Å². The molecule has 108 valence electrons. The van der Waals surface area contributed by atoms with Gasteiger partial charge < -0.3 is 10.6 Å². The van der Waals surface area contributed by atoms with E-state index in [0.717, 1.165) is 25.0 Å². The highest BCUT2D eigenvalue weighted by molar-refractivity contribution is 5.92. The van der Waals surface area contributed by atoms with Crippen LogP contribution in [0, 0.1) is 0 Å². The van der Waals surface area contributed by atoms with Crippen LogP contribution in [0.2, 0.25) is 0 Å². The van der Waals surface area contributed by atoms with Crippen LogP contribution in [0.4, 0.5) is 0 Å². The Morgan fingerprint density at radius 1 is 1.30 bits per heavy atom. The molecule has 20 heavy (non-hydrogen) atoms. The molecule has 0 radical (unpaired) electrons. The average molecular weight is 275 g/mol. The summed E-state index contributed by atoms with van der Waals surface area (Å²) >= 11 is 0. The lowest BCUT2D eigenvalue weighted by molar-refractivity contribution is -0.118. The smallest absolute Gasteiger partial charge is 0.269 e. The van der Waals surface area contributed by atoms with Crippen LogP contribution in [0.25, 0.3) is 0 Å². The molecule has 2 amide bonds. The number of fused-ring (bicyclic) bond motifs is 1. The number of hydrogen-bond donors (Lipinski definition) is 2. The Morgan fingerprint density at radius 3 is 2.75 bits per heavy atom. The number of pyridine rings is 1. The lowest BCUT2D eigenvalue weighted by Gasteiger charge is -2.20. The van der Waals surface area contributed by atoms with Crippen LogP contribution in [0.1, 0.15) is 47.1 Å². The van der Waals surface area contributed by atoms with Gasteiger partial charge in [0.2, 0.25) is 5.91 Å². The second-order valence-corrected chi connectivity index (χ2v) is 5.11. The SMILES string of the molecule is CNC(=O)c1cc2c(c(CCNC(C)=O)n1)CCCC2. The molecule has 0 fully saturated rings. The van der Waals surface area contributed by atoms with E-state index in [2.05, 4.69) is 15.6 Å². The van der Waals surface area contributed by atoms with Gasteiger partial charge in [-0.2, -0.15) is 0 Å². The Labute approximate surface area is 119 Å². The summed E-state index contributed by atoms with van der Waals surface area (Å²) in [7, 11) is 1.61. The van der Waals surface area contributed by atoms with E-state index >= 15 is 0 Å². The summed E-state index contributed by atoms with van der Waals surface area (Å²) < 4.78 is 0. The maximum Gasteiger partial charge on any atom is 0.269 e. The fourth-order valence-electron chi connectivity index (χ4n) is 2.64. The van der Waals surface area contributed by atoms with Gasteiger partial charge in [0.15, 0.2) is 0 Å². The monoisotopic (exact) mass is 275 g/mol. The summed E-state index contributed by atoms with van der Waals surface area (Å²) in [5.74, 6) is -0.194. The standard InChI is InChI=1S/C15H21N3O2/c1-10(19)17-8-7-13-12-6-4-3-5-11(12)9-14(18-13)15(20)16-2/h9H,3-8H2,1-2H3,(H,16,20)(H,17,19). The van der Waals surface area contributed by atoms with Crippen LogP contribution in [-0.4, -0.2) is 30.4 Å². The van der Waals surface area contributed by atoms with Crippen LogP contribution in [0.5, 0.6) is 0 Å². The Kier molecular flexibility index (Phi) is 4.71. The summed E-state index contributed by atoms with van der Waals surface area (Å²) in [6.07, 6.45) is 5.03. The molecule has 1 heterocycles. The lowest BCUT2D eigenvalue weighted by Crippen LogP contribution is -2.25. The van der Waals surface area contributed by atoms with E-state index < -0.39 is 0 Å². The van der Waals surface area contributed by atoms with Gasteiger partial charge in [-0.3, -0.25) is 9.59 Å². The van der Waals surface area contributed by atoms with Gasteiger partial charge in [-0.1, -0.05) is 0 Å². The second-order valence-electron chi connectivity index (χ2n) is 5.11. The highest BCUT2D eigenvalue weighted by Gasteiger charge is 2.18. The zero-order chi connectivity index (χ0) is 14.5. The van der Waals surface area contributed by atoms with Crippen molar-refractivity contribution in [3.8, 4) is 0 Å². The van der Waals surface area contributed by atoms with E-state index in [1.54, 1.807) is 7.05 Å². The van der Waals surface area contributed by atoms with Crippen molar-refractivity contribution in [1.29, 1.82) is 0 Å². The minimum atomic E-state index is -0.154. The van der Waals surface area contributed by atoms with E-state index in [9.17, 15) is 9.59 Å². The second kappa shape index (κ2) is 6.50. The quantitative estimate of drug-likeness (QED) is 0.861. The largest absolute Gasteiger partial charge is 0.356 e. The van der Waals surface area contributed by atoms with Crippen molar-refractivity contribution >= 4 is 11.8 Å². The van der Waals surface area contributed by atoms with E-state index in [1.807, 2.05) is 6.07 Å². The van der Waals surface area contributed by atoms with Gasteiger partial charge in [-0.05, 0) is 42.9 Å². The minimum absolute atomic E-state index is 0.0404. The molecule has 1 aromatic heterocycles. The number of aromatic nitrogens is 1. The molecule has 5 heteroatoms. The van der Waals surface area contributed by atoms with E-state index in [4.69, 9.17) is 0 Å². The number of carbonyl (C=O) groups excluding carboxylic acids is 2. The molecular weight excluding hydrogens is 254 g/mol. The molecular formula is C15H21N3O2. The van der Waals surface area contributed by atoms with E-state index in [-0.39, 0.29) is 11.8 Å². The Bertz CT molecular complexity index is 526. The first-order chi connectivity index (χ1) is 9.61. The molecule has 0 saturated heterocycles. The highest BCUT2D eigenvalue weighted by Crippen LogP contribution is 2.24. The molecule has 1 aromatic rings. The zero-order valence-electron chi connectivity index (χ0n) is 12.1. The third-order valence-electron chi connectivity index (χ3n) is 3.62. The number of aryl methyl sites for hydroxylation is 1. The fraction of sp³-hybridized carbons (Fsp3) is 0.533. The van der Waals surface area contributed by atoms with Crippen molar-refractivity contribution in [3.63, 3.8) is 0 Å². The molecule has 0 unspecified atom stereocenters. The molecule has 0 aromatic carbocycles. The zero-order valence-corrected chi connectivity index (χ0v) is 12.1. The maximum atomic E-state index is 11.8. The summed E-state index contributed by atoms with van der Waals surface area (Å²) in [5, 5.41) is 5.40. The van der Waals surface area contributed by atoms with Crippen molar-refractivity contribution in [2.24, 2.45) is 0 Å². The van der Waals surface area contributed by atoms with Gasteiger partial charge in [-0.15, -0.1) is 0 Å². The highest BCUT2D eigenvalue weighted by atomic mass is 16.2. The molecule has 2 rings (SSSR count). The van der Waals surface area contributed by atoms with Gasteiger partial charge in [-0.25, -0.2) is 4.98 Å². The molecule has 1 aliphatic carbocycles. The summed E-state index contributed by atoms with van der Waals surface area (Å²) in [6.45, 7) is 2.07. The number of nitrogens with one attached hydrogen (secondary N) is 2. The van der Waals surface area contributed by atoms with Crippen LogP contribution in [0.3, 0.4) is 0 Å². The average Bonchev–Trinajstić information content (AvgIpc) is 2.45. The van der Waals surface area contributed by atoms with Crippen LogP contribution >= 0.6 is 0 Å². The van der Waals surface area contributed by atoms with Gasteiger partial charge >= 0.3 is 0 Å². The summed E-state index contributed by atoms with van der Waals surface area (Å²) in [6, 6.07) is 1.91. The van der Waals surface area contributed by atoms with E-state index in [1.165, 1.54) is 24.5 Å². The Hall–Kier alpha value is -1.91. The molecule has 0 saturated carbocycles. The number of amides is 2. The third-order valence-corrected chi connectivity index (χ3v) is 3.62. The minimum Gasteiger partial charge on any atom is -0.356 e. The predicted molar refractivity (Wildman–Crippen MR) is 76.7 cm³/mol. The van der Waals surface area contributed by atoms with Crippen molar-refractivity contribution in [1.82, 2.24) is 15.6 Å². The van der Waals surface area contributed by atoms with Crippen molar-refractivity contribution in [3.05, 3.63) is 28.6 Å². The molecule has 0 aliphatic heterocycles. The van der Waals surface area contributed by atoms with E-state index in [0.29, 0.717) is 18.7 Å². The number of nitrogens with zero attached hydrogens (tertiary/aromatic N) is 1. The molecule has 2 N–H and O–H groups in total. The molecule has 1 aliphatic rings. The topological polar surface area (TPSA) is 71.1 Å².